The fourth-order valence-electron chi connectivity index (χ4n) is 2.46. The summed E-state index contributed by atoms with van der Waals surface area (Å²) < 4.78 is 12.1. The molecule has 0 aromatic heterocycles. The maximum absolute atomic E-state index is 6.06. The molecule has 0 aliphatic heterocycles. The van der Waals surface area contributed by atoms with Gasteiger partial charge in [0.1, 0.15) is 11.5 Å². The van der Waals surface area contributed by atoms with Crippen LogP contribution in [0.1, 0.15) is 32.8 Å². The Labute approximate surface area is 138 Å². The second-order valence-electron chi connectivity index (χ2n) is 6.13. The van der Waals surface area contributed by atoms with Crippen LogP contribution in [0.4, 0.5) is 0 Å². The molecule has 0 aliphatic rings. The molecule has 120 valence electrons. The van der Waals surface area contributed by atoms with Crippen molar-refractivity contribution in [2.45, 2.75) is 40.2 Å². The summed E-state index contributed by atoms with van der Waals surface area (Å²) in [4.78, 5) is 0. The Bertz CT molecular complexity index is 622. The normalized spacial score (nSPS) is 12.6. The molecule has 2 aromatic carbocycles. The zero-order valence-electron chi connectivity index (χ0n) is 13.9. The molecular weight excluding hydrogens is 296 g/mol. The fourth-order valence-corrected chi connectivity index (χ4v) is 2.83. The lowest BCUT2D eigenvalue weighted by atomic mass is 10.0. The second-order valence-corrected chi connectivity index (χ2v) is 6.50. The van der Waals surface area contributed by atoms with Gasteiger partial charge in [0.05, 0.1) is 12.7 Å². The van der Waals surface area contributed by atoms with Crippen molar-refractivity contribution < 1.29 is 9.47 Å². The van der Waals surface area contributed by atoms with Gasteiger partial charge in [-0.25, -0.2) is 0 Å². The number of fused-ring (bicyclic) bond motifs is 1. The van der Waals surface area contributed by atoms with E-state index in [4.69, 9.17) is 21.1 Å². The molecule has 2 rings (SSSR count). The molecule has 22 heavy (non-hydrogen) atoms. The van der Waals surface area contributed by atoms with E-state index in [2.05, 4.69) is 32.0 Å². The standard InChI is InChI=1S/C19H25ClO2/c1-13(2)22-19-15(4)11-18(21-12-14(3)9-10-20)16-7-5-6-8-17(16)19/h5-8,11,13-14H,9-10,12H2,1-4H3. The quantitative estimate of drug-likeness (QED) is 0.620. The molecule has 1 atom stereocenters. The number of rotatable bonds is 7. The largest absolute Gasteiger partial charge is 0.493 e. The van der Waals surface area contributed by atoms with E-state index in [1.807, 2.05) is 26.0 Å². The van der Waals surface area contributed by atoms with Crippen LogP contribution in [0.2, 0.25) is 0 Å². The van der Waals surface area contributed by atoms with Crippen molar-refractivity contribution in [1.82, 2.24) is 0 Å². The molecule has 0 aliphatic carbocycles. The molecule has 0 saturated carbocycles. The summed E-state index contributed by atoms with van der Waals surface area (Å²) in [6.07, 6.45) is 1.12. The molecule has 1 unspecified atom stereocenters. The maximum Gasteiger partial charge on any atom is 0.130 e. The Balaban J connectivity index is 2.36. The van der Waals surface area contributed by atoms with Gasteiger partial charge < -0.3 is 9.47 Å². The van der Waals surface area contributed by atoms with Gasteiger partial charge in [-0.3, -0.25) is 0 Å². The monoisotopic (exact) mass is 320 g/mol. The molecule has 0 saturated heterocycles. The van der Waals surface area contributed by atoms with Crippen LogP contribution >= 0.6 is 11.6 Å². The number of aryl methyl sites for hydroxylation is 1. The lowest BCUT2D eigenvalue weighted by Gasteiger charge is -2.19. The van der Waals surface area contributed by atoms with Crippen LogP contribution in [-0.4, -0.2) is 18.6 Å². The average molecular weight is 321 g/mol. The van der Waals surface area contributed by atoms with Crippen LogP contribution in [0, 0.1) is 12.8 Å². The van der Waals surface area contributed by atoms with E-state index < -0.39 is 0 Å². The van der Waals surface area contributed by atoms with Crippen molar-refractivity contribution in [3.8, 4) is 11.5 Å². The number of hydrogen-bond donors (Lipinski definition) is 0. The number of ether oxygens (including phenoxy) is 2. The van der Waals surface area contributed by atoms with E-state index in [1.165, 1.54) is 0 Å². The summed E-state index contributed by atoms with van der Waals surface area (Å²) in [7, 11) is 0. The molecule has 0 radical (unpaired) electrons. The zero-order chi connectivity index (χ0) is 16.1. The fraction of sp³-hybridized carbons (Fsp3) is 0.474. The van der Waals surface area contributed by atoms with Gasteiger partial charge in [-0.05, 0) is 44.7 Å². The van der Waals surface area contributed by atoms with Gasteiger partial charge >= 0.3 is 0 Å². The number of benzene rings is 2. The molecule has 0 spiro atoms. The highest BCUT2D eigenvalue weighted by Gasteiger charge is 2.13. The highest BCUT2D eigenvalue weighted by atomic mass is 35.5. The van der Waals surface area contributed by atoms with E-state index >= 15 is 0 Å². The zero-order valence-corrected chi connectivity index (χ0v) is 14.6. The Hall–Kier alpha value is -1.41. The van der Waals surface area contributed by atoms with Gasteiger partial charge in [0, 0.05) is 16.7 Å². The molecule has 0 heterocycles. The van der Waals surface area contributed by atoms with E-state index in [-0.39, 0.29) is 6.10 Å². The molecule has 0 N–H and O–H groups in total. The number of halogens is 1. The number of hydrogen-bond acceptors (Lipinski definition) is 2. The Morgan fingerprint density at radius 3 is 2.41 bits per heavy atom. The minimum Gasteiger partial charge on any atom is -0.493 e. The van der Waals surface area contributed by atoms with Crippen molar-refractivity contribution in [2.24, 2.45) is 5.92 Å². The minimum atomic E-state index is 0.151. The van der Waals surface area contributed by atoms with Crippen LogP contribution < -0.4 is 9.47 Å². The summed E-state index contributed by atoms with van der Waals surface area (Å²) in [6, 6.07) is 10.3. The van der Waals surface area contributed by atoms with Crippen molar-refractivity contribution in [3.63, 3.8) is 0 Å². The third-order valence-corrected chi connectivity index (χ3v) is 3.84. The summed E-state index contributed by atoms with van der Waals surface area (Å²) in [5.41, 5.74) is 1.10. The summed E-state index contributed by atoms with van der Waals surface area (Å²) in [5, 5.41) is 2.21. The van der Waals surface area contributed by atoms with Gasteiger partial charge in [0.2, 0.25) is 0 Å². The molecule has 2 aromatic rings. The van der Waals surface area contributed by atoms with E-state index in [0.717, 1.165) is 34.3 Å². The van der Waals surface area contributed by atoms with Crippen LogP contribution in [0.15, 0.2) is 30.3 Å². The molecular formula is C19H25ClO2. The van der Waals surface area contributed by atoms with Gasteiger partial charge in [0.15, 0.2) is 0 Å². The van der Waals surface area contributed by atoms with Crippen molar-refractivity contribution in [2.75, 3.05) is 12.5 Å². The van der Waals surface area contributed by atoms with Crippen LogP contribution in [0.3, 0.4) is 0 Å². The second kappa shape index (κ2) is 7.73. The van der Waals surface area contributed by atoms with Crippen molar-refractivity contribution >= 4 is 22.4 Å². The SMILES string of the molecule is Cc1cc(OCC(C)CCCl)c2ccccc2c1OC(C)C. The minimum absolute atomic E-state index is 0.151. The third-order valence-electron chi connectivity index (χ3n) is 3.62. The van der Waals surface area contributed by atoms with Crippen molar-refractivity contribution in [3.05, 3.63) is 35.9 Å². The first-order valence-electron chi connectivity index (χ1n) is 7.90. The first-order chi connectivity index (χ1) is 10.5. The first-order valence-corrected chi connectivity index (χ1v) is 8.44. The summed E-state index contributed by atoms with van der Waals surface area (Å²) in [5.74, 6) is 2.99. The first kappa shape index (κ1) is 17.0. The van der Waals surface area contributed by atoms with Crippen molar-refractivity contribution in [1.29, 1.82) is 0 Å². The van der Waals surface area contributed by atoms with Crippen LogP contribution in [0.5, 0.6) is 11.5 Å². The van der Waals surface area contributed by atoms with Gasteiger partial charge in [-0.2, -0.15) is 0 Å². The highest BCUT2D eigenvalue weighted by molar-refractivity contribution is 6.17. The summed E-state index contributed by atoms with van der Waals surface area (Å²) >= 11 is 5.80. The lowest BCUT2D eigenvalue weighted by molar-refractivity contribution is 0.242. The van der Waals surface area contributed by atoms with Gasteiger partial charge in [0.25, 0.3) is 0 Å². The predicted octanol–water partition coefficient (Wildman–Crippen LogP) is 5.58. The van der Waals surface area contributed by atoms with Crippen LogP contribution in [0.25, 0.3) is 10.8 Å². The Morgan fingerprint density at radius 2 is 1.77 bits per heavy atom. The van der Waals surface area contributed by atoms with E-state index in [1.54, 1.807) is 0 Å². The Morgan fingerprint density at radius 1 is 1.09 bits per heavy atom. The topological polar surface area (TPSA) is 18.5 Å². The van der Waals surface area contributed by atoms with Gasteiger partial charge in [-0.1, -0.05) is 31.2 Å². The molecule has 0 fully saturated rings. The van der Waals surface area contributed by atoms with E-state index in [0.29, 0.717) is 18.4 Å². The molecule has 3 heteroatoms. The smallest absolute Gasteiger partial charge is 0.130 e. The van der Waals surface area contributed by atoms with E-state index in [9.17, 15) is 0 Å². The molecule has 0 amide bonds. The van der Waals surface area contributed by atoms with Crippen LogP contribution in [-0.2, 0) is 0 Å². The lowest BCUT2D eigenvalue weighted by Crippen LogP contribution is -2.10. The predicted molar refractivity (Wildman–Crippen MR) is 94.4 cm³/mol. The average Bonchev–Trinajstić information content (AvgIpc) is 2.48. The molecule has 2 nitrogen and oxygen atoms in total. The molecule has 0 bridgehead atoms. The highest BCUT2D eigenvalue weighted by Crippen LogP contribution is 2.37. The summed E-state index contributed by atoms with van der Waals surface area (Å²) in [6.45, 7) is 9.01. The number of alkyl halides is 1. The van der Waals surface area contributed by atoms with Gasteiger partial charge in [-0.15, -0.1) is 11.6 Å². The third kappa shape index (κ3) is 4.07. The maximum atomic E-state index is 6.06. The Kier molecular flexibility index (Phi) is 5.96.